The van der Waals surface area contributed by atoms with Crippen molar-refractivity contribution in [3.63, 3.8) is 0 Å². The van der Waals surface area contributed by atoms with Crippen LogP contribution in [-0.2, 0) is 4.79 Å². The first kappa shape index (κ1) is 19.7. The fourth-order valence-corrected chi connectivity index (χ4v) is 2.44. The van der Waals surface area contributed by atoms with E-state index in [0.29, 0.717) is 19.0 Å². The lowest BCUT2D eigenvalue weighted by Crippen LogP contribution is -2.50. The molecule has 0 saturated heterocycles. The number of hydrogen-bond donors (Lipinski definition) is 1. The van der Waals surface area contributed by atoms with Crippen molar-refractivity contribution in [3.05, 3.63) is 0 Å². The van der Waals surface area contributed by atoms with Gasteiger partial charge in [-0.25, -0.2) is 4.79 Å². The number of rotatable bonds is 9. The second kappa shape index (κ2) is 9.64. The summed E-state index contributed by atoms with van der Waals surface area (Å²) in [5.41, 5.74) is 0. The highest BCUT2D eigenvalue weighted by molar-refractivity contribution is 5.76. The number of carboxylic acid groups (broad SMARTS) is 1. The van der Waals surface area contributed by atoms with Gasteiger partial charge in [0.05, 0.1) is 5.92 Å². The van der Waals surface area contributed by atoms with Crippen molar-refractivity contribution in [1.82, 2.24) is 9.80 Å². The zero-order valence-corrected chi connectivity index (χ0v) is 14.4. The van der Waals surface area contributed by atoms with Crippen molar-refractivity contribution in [2.75, 3.05) is 19.6 Å². The van der Waals surface area contributed by atoms with Crippen LogP contribution in [-0.4, -0.2) is 52.6 Å². The Hall–Kier alpha value is -1.26. The SMILES string of the molecule is CCC(CC)N(CC(C)C)C(=O)N(CC)CC(C)C(=O)O. The molecule has 0 rings (SSSR count). The van der Waals surface area contributed by atoms with Gasteiger partial charge in [-0.05, 0) is 25.7 Å². The number of amides is 2. The molecule has 0 heterocycles. The molecule has 5 heteroatoms. The maximum absolute atomic E-state index is 12.8. The van der Waals surface area contributed by atoms with Crippen LogP contribution in [0.4, 0.5) is 4.79 Å². The molecule has 1 atom stereocenters. The molecule has 0 spiro atoms. The summed E-state index contributed by atoms with van der Waals surface area (Å²) in [4.78, 5) is 27.4. The smallest absolute Gasteiger partial charge is 0.320 e. The van der Waals surface area contributed by atoms with E-state index in [1.807, 2.05) is 11.8 Å². The molecule has 2 amide bonds. The van der Waals surface area contributed by atoms with Gasteiger partial charge in [0.25, 0.3) is 0 Å². The van der Waals surface area contributed by atoms with E-state index in [0.717, 1.165) is 12.8 Å². The molecule has 5 nitrogen and oxygen atoms in total. The Morgan fingerprint density at radius 2 is 1.52 bits per heavy atom. The van der Waals surface area contributed by atoms with E-state index in [4.69, 9.17) is 5.11 Å². The predicted octanol–water partition coefficient (Wildman–Crippen LogP) is 3.30. The van der Waals surface area contributed by atoms with Crippen LogP contribution in [0.5, 0.6) is 0 Å². The van der Waals surface area contributed by atoms with E-state index >= 15 is 0 Å². The fourth-order valence-electron chi connectivity index (χ4n) is 2.44. The second-order valence-corrected chi connectivity index (χ2v) is 6.08. The average Bonchev–Trinajstić information content (AvgIpc) is 2.43. The van der Waals surface area contributed by atoms with Gasteiger partial charge in [-0.2, -0.15) is 0 Å². The Bertz CT molecular complexity index is 327. The van der Waals surface area contributed by atoms with Gasteiger partial charge < -0.3 is 14.9 Å². The zero-order chi connectivity index (χ0) is 16.6. The van der Waals surface area contributed by atoms with Crippen LogP contribution in [0.15, 0.2) is 0 Å². The molecule has 0 fully saturated rings. The molecule has 0 aromatic carbocycles. The summed E-state index contributed by atoms with van der Waals surface area (Å²) < 4.78 is 0. The number of carboxylic acids is 1. The Kier molecular flexibility index (Phi) is 9.06. The minimum absolute atomic E-state index is 0.0343. The molecule has 0 saturated carbocycles. The minimum atomic E-state index is -0.862. The molecule has 124 valence electrons. The second-order valence-electron chi connectivity index (χ2n) is 6.08. The highest BCUT2D eigenvalue weighted by Gasteiger charge is 2.27. The minimum Gasteiger partial charge on any atom is -0.481 e. The quantitative estimate of drug-likeness (QED) is 0.710. The lowest BCUT2D eigenvalue weighted by molar-refractivity contribution is -0.141. The van der Waals surface area contributed by atoms with E-state index in [1.165, 1.54) is 0 Å². The van der Waals surface area contributed by atoms with Crippen molar-refractivity contribution in [2.45, 2.75) is 60.4 Å². The van der Waals surface area contributed by atoms with Gasteiger partial charge in [-0.3, -0.25) is 4.79 Å². The van der Waals surface area contributed by atoms with E-state index in [2.05, 4.69) is 27.7 Å². The molecular weight excluding hydrogens is 268 g/mol. The van der Waals surface area contributed by atoms with Crippen molar-refractivity contribution in [2.24, 2.45) is 11.8 Å². The topological polar surface area (TPSA) is 60.9 Å². The van der Waals surface area contributed by atoms with E-state index in [1.54, 1.807) is 11.8 Å². The molecule has 0 radical (unpaired) electrons. The predicted molar refractivity (Wildman–Crippen MR) is 85.4 cm³/mol. The Labute approximate surface area is 129 Å². The van der Waals surface area contributed by atoms with Crippen LogP contribution >= 0.6 is 0 Å². The lowest BCUT2D eigenvalue weighted by Gasteiger charge is -2.36. The van der Waals surface area contributed by atoms with E-state index < -0.39 is 11.9 Å². The van der Waals surface area contributed by atoms with Gasteiger partial charge in [-0.15, -0.1) is 0 Å². The van der Waals surface area contributed by atoms with E-state index in [9.17, 15) is 9.59 Å². The normalized spacial score (nSPS) is 12.6. The average molecular weight is 300 g/mol. The Morgan fingerprint density at radius 1 is 1.00 bits per heavy atom. The van der Waals surface area contributed by atoms with Crippen LogP contribution in [0.1, 0.15) is 54.4 Å². The molecule has 0 aliphatic carbocycles. The first-order valence-electron chi connectivity index (χ1n) is 8.06. The standard InChI is InChI=1S/C16H32N2O3/c1-7-14(8-2)18(10-12(4)5)16(21)17(9-3)11-13(6)15(19)20/h12-14H,7-11H2,1-6H3,(H,19,20). The molecule has 0 bridgehead atoms. The highest BCUT2D eigenvalue weighted by atomic mass is 16.4. The summed E-state index contributed by atoms with van der Waals surface area (Å²) in [6.07, 6.45) is 1.84. The van der Waals surface area contributed by atoms with Crippen LogP contribution in [0.25, 0.3) is 0 Å². The lowest BCUT2D eigenvalue weighted by atomic mass is 10.1. The molecule has 1 N–H and O–H groups in total. The molecule has 21 heavy (non-hydrogen) atoms. The fraction of sp³-hybridized carbons (Fsp3) is 0.875. The molecular formula is C16H32N2O3. The van der Waals surface area contributed by atoms with E-state index in [-0.39, 0.29) is 18.6 Å². The van der Waals surface area contributed by atoms with Crippen molar-refractivity contribution >= 4 is 12.0 Å². The largest absolute Gasteiger partial charge is 0.481 e. The number of nitrogens with zero attached hydrogens (tertiary/aromatic N) is 2. The van der Waals surface area contributed by atoms with Gasteiger partial charge in [0.2, 0.25) is 0 Å². The first-order valence-corrected chi connectivity index (χ1v) is 8.06. The van der Waals surface area contributed by atoms with Gasteiger partial charge >= 0.3 is 12.0 Å². The number of hydrogen-bond acceptors (Lipinski definition) is 2. The zero-order valence-electron chi connectivity index (χ0n) is 14.4. The third-order valence-corrected chi connectivity index (χ3v) is 3.76. The molecule has 0 aliphatic rings. The Balaban J connectivity index is 5.08. The van der Waals surface area contributed by atoms with Gasteiger partial charge in [-0.1, -0.05) is 34.6 Å². The van der Waals surface area contributed by atoms with Gasteiger partial charge in [0.15, 0.2) is 0 Å². The van der Waals surface area contributed by atoms with Crippen molar-refractivity contribution in [1.29, 1.82) is 0 Å². The molecule has 0 aliphatic heterocycles. The number of urea groups is 1. The molecule has 0 aromatic rings. The Morgan fingerprint density at radius 3 is 1.86 bits per heavy atom. The summed E-state index contributed by atoms with van der Waals surface area (Å²) in [5, 5.41) is 9.04. The van der Waals surface area contributed by atoms with Crippen molar-refractivity contribution < 1.29 is 14.7 Å². The maximum Gasteiger partial charge on any atom is 0.320 e. The van der Waals surface area contributed by atoms with Crippen LogP contribution < -0.4 is 0 Å². The molecule has 0 aromatic heterocycles. The maximum atomic E-state index is 12.8. The molecule has 1 unspecified atom stereocenters. The number of aliphatic carboxylic acids is 1. The monoisotopic (exact) mass is 300 g/mol. The summed E-state index contributed by atoms with van der Waals surface area (Å²) in [6, 6.07) is 0.182. The van der Waals surface area contributed by atoms with Crippen molar-refractivity contribution in [3.8, 4) is 0 Å². The van der Waals surface area contributed by atoms with Crippen LogP contribution in [0.3, 0.4) is 0 Å². The summed E-state index contributed by atoms with van der Waals surface area (Å²) in [5.74, 6) is -1.01. The summed E-state index contributed by atoms with van der Waals surface area (Å²) in [6.45, 7) is 13.4. The number of carbonyl (C=O) groups excluding carboxylic acids is 1. The highest BCUT2D eigenvalue weighted by Crippen LogP contribution is 2.15. The third-order valence-electron chi connectivity index (χ3n) is 3.76. The van der Waals surface area contributed by atoms with Crippen LogP contribution in [0, 0.1) is 11.8 Å². The summed E-state index contributed by atoms with van der Waals surface area (Å²) >= 11 is 0. The third kappa shape index (κ3) is 6.36. The first-order chi connectivity index (χ1) is 9.78. The van der Waals surface area contributed by atoms with Crippen LogP contribution in [0.2, 0.25) is 0 Å². The van der Waals surface area contributed by atoms with Gasteiger partial charge in [0, 0.05) is 25.7 Å². The summed E-state index contributed by atoms with van der Waals surface area (Å²) in [7, 11) is 0. The number of carbonyl (C=O) groups is 2. The van der Waals surface area contributed by atoms with Gasteiger partial charge in [0.1, 0.15) is 0 Å².